The average Bonchev–Trinajstić information content (AvgIpc) is 3.41. The summed E-state index contributed by atoms with van der Waals surface area (Å²) in [6.45, 7) is 8.20. The second kappa shape index (κ2) is 10.3. The number of aromatic nitrogens is 8. The number of rotatable bonds is 12. The molecule has 0 saturated heterocycles. The largest absolute Gasteiger partial charge is 0.500 e. The van der Waals surface area contributed by atoms with Crippen molar-refractivity contribution in [3.05, 3.63) is 24.3 Å². The third-order valence-electron chi connectivity index (χ3n) is 4.24. The molecule has 3 rings (SSSR count). The van der Waals surface area contributed by atoms with Gasteiger partial charge >= 0.3 is 8.80 Å². The van der Waals surface area contributed by atoms with Gasteiger partial charge in [0.1, 0.15) is 0 Å². The van der Waals surface area contributed by atoms with Crippen LogP contribution in [0.25, 0.3) is 22.8 Å². The van der Waals surface area contributed by atoms with Crippen molar-refractivity contribution in [1.82, 2.24) is 40.8 Å². The Morgan fingerprint density at radius 3 is 2.14 bits per heavy atom. The molecule has 2 aromatic heterocycles. The van der Waals surface area contributed by atoms with Gasteiger partial charge in [0, 0.05) is 43.5 Å². The van der Waals surface area contributed by atoms with Crippen LogP contribution in [0, 0.1) is 0 Å². The molecule has 0 radical (unpaired) electrons. The molecule has 0 atom stereocenters. The van der Waals surface area contributed by atoms with Crippen molar-refractivity contribution in [2.45, 2.75) is 39.8 Å². The van der Waals surface area contributed by atoms with Crippen molar-refractivity contribution in [3.63, 3.8) is 0 Å². The van der Waals surface area contributed by atoms with Crippen LogP contribution in [-0.4, -0.2) is 69.5 Å². The molecule has 11 nitrogen and oxygen atoms in total. The van der Waals surface area contributed by atoms with Crippen LogP contribution >= 0.6 is 0 Å². The van der Waals surface area contributed by atoms with E-state index in [1.807, 2.05) is 45.0 Å². The summed E-state index contributed by atoms with van der Waals surface area (Å²) in [5.74, 6) is 1.31. The van der Waals surface area contributed by atoms with Gasteiger partial charge in [-0.25, -0.2) is 9.78 Å². The Hall–Kier alpha value is -2.54. The lowest BCUT2D eigenvalue weighted by atomic mass is 10.1. The summed E-state index contributed by atoms with van der Waals surface area (Å²) >= 11 is 0. The Bertz CT molecular complexity index is 839. The monoisotopic (exact) mass is 418 g/mol. The maximum Gasteiger partial charge on any atom is 0.500 e. The van der Waals surface area contributed by atoms with Crippen LogP contribution in [0.5, 0.6) is 0 Å². The molecule has 0 unspecified atom stereocenters. The van der Waals surface area contributed by atoms with Gasteiger partial charge in [0.25, 0.3) is 0 Å². The fourth-order valence-electron chi connectivity index (χ4n) is 3.07. The maximum atomic E-state index is 5.91. The Morgan fingerprint density at radius 2 is 1.55 bits per heavy atom. The number of nitrogens with one attached hydrogen (secondary N) is 1. The van der Waals surface area contributed by atoms with E-state index in [1.54, 1.807) is 4.68 Å². The van der Waals surface area contributed by atoms with Crippen molar-refractivity contribution in [2.75, 3.05) is 19.8 Å². The molecule has 3 aromatic rings. The highest BCUT2D eigenvalue weighted by molar-refractivity contribution is 6.60. The van der Waals surface area contributed by atoms with Crippen LogP contribution in [0.2, 0.25) is 6.04 Å². The molecule has 0 aliphatic carbocycles. The third-order valence-corrected chi connectivity index (χ3v) is 7.39. The minimum absolute atomic E-state index is 0.565. The number of aromatic amines is 1. The van der Waals surface area contributed by atoms with E-state index in [0.29, 0.717) is 44.1 Å². The van der Waals surface area contributed by atoms with Gasteiger partial charge in [0.05, 0.1) is 0 Å². The lowest BCUT2D eigenvalue weighted by Crippen LogP contribution is -2.46. The molecule has 2 heterocycles. The van der Waals surface area contributed by atoms with Crippen LogP contribution in [-0.2, 0) is 19.8 Å². The van der Waals surface area contributed by atoms with Crippen molar-refractivity contribution < 1.29 is 13.3 Å². The summed E-state index contributed by atoms with van der Waals surface area (Å²) in [7, 11) is -2.67. The summed E-state index contributed by atoms with van der Waals surface area (Å²) in [5.41, 5.74) is 1.80. The molecule has 0 amide bonds. The number of H-pyrrole nitrogens is 1. The van der Waals surface area contributed by atoms with Crippen LogP contribution in [0.4, 0.5) is 0 Å². The minimum Gasteiger partial charge on any atom is -0.374 e. The van der Waals surface area contributed by atoms with Gasteiger partial charge in [-0.05, 0) is 48.0 Å². The molecule has 0 aliphatic rings. The highest BCUT2D eigenvalue weighted by Gasteiger charge is 2.39. The van der Waals surface area contributed by atoms with Gasteiger partial charge in [-0.3, -0.25) is 0 Å². The van der Waals surface area contributed by atoms with Crippen molar-refractivity contribution >= 4 is 8.80 Å². The predicted molar refractivity (Wildman–Crippen MR) is 106 cm³/mol. The zero-order chi connectivity index (χ0) is 20.5. The quantitative estimate of drug-likeness (QED) is 0.439. The van der Waals surface area contributed by atoms with E-state index in [1.165, 1.54) is 0 Å². The van der Waals surface area contributed by atoms with Crippen molar-refractivity contribution in [3.8, 4) is 22.8 Å². The fourth-order valence-corrected chi connectivity index (χ4v) is 5.66. The number of benzene rings is 1. The zero-order valence-corrected chi connectivity index (χ0v) is 17.9. The molecule has 0 aliphatic heterocycles. The second-order valence-corrected chi connectivity index (χ2v) is 8.87. The standard InChI is InChI=1S/C17H26N8O3Si/c1-4-26-29(27-5-2,28-6-3)13-7-12-25-17(20-23-24-25)15-10-8-14(9-11-15)16-18-21-22-19-16/h8-11H,4-7,12-13H2,1-3H3,(H,18,19,21,22). The van der Waals surface area contributed by atoms with Gasteiger partial charge in [-0.2, -0.15) is 0 Å². The lowest BCUT2D eigenvalue weighted by molar-refractivity contribution is 0.0704. The molecule has 29 heavy (non-hydrogen) atoms. The molecule has 156 valence electrons. The highest BCUT2D eigenvalue weighted by Crippen LogP contribution is 2.22. The highest BCUT2D eigenvalue weighted by atomic mass is 28.4. The zero-order valence-electron chi connectivity index (χ0n) is 16.9. The maximum absolute atomic E-state index is 5.91. The van der Waals surface area contributed by atoms with E-state index in [9.17, 15) is 0 Å². The first-order valence-corrected chi connectivity index (χ1v) is 11.7. The molecule has 0 fully saturated rings. The van der Waals surface area contributed by atoms with Crippen LogP contribution in [0.15, 0.2) is 24.3 Å². The van der Waals surface area contributed by atoms with Crippen LogP contribution in [0.3, 0.4) is 0 Å². The number of hydrogen-bond donors (Lipinski definition) is 1. The Kier molecular flexibility index (Phi) is 7.52. The Morgan fingerprint density at radius 1 is 0.897 bits per heavy atom. The van der Waals surface area contributed by atoms with Gasteiger partial charge in [-0.15, -0.1) is 10.2 Å². The average molecular weight is 419 g/mol. The van der Waals surface area contributed by atoms with Crippen molar-refractivity contribution in [2.24, 2.45) is 0 Å². The summed E-state index contributed by atoms with van der Waals surface area (Å²) in [6, 6.07) is 8.44. The smallest absolute Gasteiger partial charge is 0.374 e. The number of nitrogens with zero attached hydrogens (tertiary/aromatic N) is 7. The van der Waals surface area contributed by atoms with Gasteiger partial charge < -0.3 is 13.3 Å². The SMILES string of the molecule is CCO[Si](CCCn1nnnc1-c1ccc(-c2nnn[nH]2)cc1)(OCC)OCC. The topological polar surface area (TPSA) is 126 Å². The Balaban J connectivity index is 1.67. The molecule has 0 spiro atoms. The lowest BCUT2D eigenvalue weighted by Gasteiger charge is -2.28. The van der Waals surface area contributed by atoms with E-state index < -0.39 is 8.80 Å². The number of aryl methyl sites for hydroxylation is 1. The summed E-state index contributed by atoms with van der Waals surface area (Å²) in [4.78, 5) is 0. The van der Waals surface area contributed by atoms with Gasteiger partial charge in [0.2, 0.25) is 0 Å². The summed E-state index contributed by atoms with van der Waals surface area (Å²) < 4.78 is 19.5. The molecule has 0 saturated carbocycles. The van der Waals surface area contributed by atoms with E-state index in [0.717, 1.165) is 17.5 Å². The first kappa shape index (κ1) is 21.2. The predicted octanol–water partition coefficient (Wildman–Crippen LogP) is 1.96. The second-order valence-electron chi connectivity index (χ2n) is 6.14. The molecular formula is C17H26N8O3Si. The molecular weight excluding hydrogens is 392 g/mol. The van der Waals surface area contributed by atoms with E-state index in [-0.39, 0.29) is 0 Å². The van der Waals surface area contributed by atoms with E-state index in [4.69, 9.17) is 13.3 Å². The van der Waals surface area contributed by atoms with Crippen molar-refractivity contribution in [1.29, 1.82) is 0 Å². The normalized spacial score (nSPS) is 11.8. The first-order chi connectivity index (χ1) is 14.2. The molecule has 0 bridgehead atoms. The fraction of sp³-hybridized carbons (Fsp3) is 0.529. The Labute approximate surface area is 170 Å². The summed E-state index contributed by atoms with van der Waals surface area (Å²) in [5, 5.41) is 26.0. The van der Waals surface area contributed by atoms with Crippen LogP contribution < -0.4 is 0 Å². The number of tetrazole rings is 2. The van der Waals surface area contributed by atoms with E-state index in [2.05, 4.69) is 36.1 Å². The first-order valence-electron chi connectivity index (χ1n) is 9.74. The molecule has 1 aromatic carbocycles. The molecule has 12 heteroatoms. The van der Waals surface area contributed by atoms with E-state index >= 15 is 0 Å². The van der Waals surface area contributed by atoms with Crippen LogP contribution in [0.1, 0.15) is 27.2 Å². The summed E-state index contributed by atoms with van der Waals surface area (Å²) in [6.07, 6.45) is 0.784. The molecule has 1 N–H and O–H groups in total. The third kappa shape index (κ3) is 5.29. The van der Waals surface area contributed by atoms with Gasteiger partial charge in [-0.1, -0.05) is 24.3 Å². The number of hydrogen-bond acceptors (Lipinski definition) is 9. The minimum atomic E-state index is -2.67. The van der Waals surface area contributed by atoms with Gasteiger partial charge in [0.15, 0.2) is 11.6 Å².